The summed E-state index contributed by atoms with van der Waals surface area (Å²) in [6, 6.07) is 4.73. The van der Waals surface area contributed by atoms with Crippen LogP contribution in [0.5, 0.6) is 17.2 Å². The first kappa shape index (κ1) is 17.1. The lowest BCUT2D eigenvalue weighted by atomic mass is 10.3. The lowest BCUT2D eigenvalue weighted by Gasteiger charge is -2.11. The molecular formula is C15H13F2N3O7S2. The molecule has 0 fully saturated rings. The predicted octanol–water partition coefficient (Wildman–Crippen LogP) is 2.06. The number of nitrogens with zero attached hydrogens (tertiary/aromatic N) is 2. The van der Waals surface area contributed by atoms with Gasteiger partial charge in [0.15, 0.2) is 16.7 Å². The van der Waals surface area contributed by atoms with Gasteiger partial charge in [0.1, 0.15) is 5.75 Å². The normalized spacial score (nSPS) is 14.8. The van der Waals surface area contributed by atoms with Crippen molar-refractivity contribution in [3.05, 3.63) is 36.2 Å². The van der Waals surface area contributed by atoms with E-state index in [1.165, 1.54) is 18.2 Å². The molecule has 156 valence electrons. The molecule has 3 rings (SSSR count). The maximum Gasteiger partial charge on any atom is 0.446 e. The minimum absolute atomic E-state index is 0.114. The van der Waals surface area contributed by atoms with Gasteiger partial charge in [0.05, 0.1) is 44.4 Å². The molecule has 2 heterocycles. The summed E-state index contributed by atoms with van der Waals surface area (Å²) in [6.07, 6.45) is 1.02. The Morgan fingerprint density at radius 2 is 2.17 bits per heavy atom. The van der Waals surface area contributed by atoms with Gasteiger partial charge < -0.3 is 18.6 Å². The zero-order chi connectivity index (χ0) is 23.7. The second-order valence-corrected chi connectivity index (χ2v) is 7.68. The molecule has 2 aromatic heterocycles. The molecule has 0 bridgehead atoms. The summed E-state index contributed by atoms with van der Waals surface area (Å²) in [5, 5.41) is -0.114. The van der Waals surface area contributed by atoms with Gasteiger partial charge >= 0.3 is 17.0 Å². The average molecular weight is 452 g/mol. The third kappa shape index (κ3) is 5.16. The number of aromatic amines is 1. The van der Waals surface area contributed by atoms with Crippen LogP contribution in [-0.2, 0) is 27.0 Å². The molecular weight excluding hydrogens is 436 g/mol. The van der Waals surface area contributed by atoms with Gasteiger partial charge in [-0.1, -0.05) is 0 Å². The molecule has 0 aliphatic rings. The van der Waals surface area contributed by atoms with E-state index < -0.39 is 52.1 Å². The highest BCUT2D eigenvalue weighted by atomic mass is 32.3. The maximum absolute atomic E-state index is 12.8. The van der Waals surface area contributed by atoms with Crippen molar-refractivity contribution in [3.63, 3.8) is 0 Å². The number of H-pyrrole nitrogens is 1. The van der Waals surface area contributed by atoms with Crippen LogP contribution < -0.4 is 13.7 Å². The second-order valence-electron chi connectivity index (χ2n) is 5.29. The summed E-state index contributed by atoms with van der Waals surface area (Å²) in [6.45, 7) is -3.04. The van der Waals surface area contributed by atoms with Gasteiger partial charge in [-0.3, -0.25) is 13.7 Å². The molecule has 0 aliphatic carbocycles. The Balaban J connectivity index is 1.93. The predicted molar refractivity (Wildman–Crippen MR) is 95.8 cm³/mol. The highest BCUT2D eigenvalue weighted by Crippen LogP contribution is 2.32. The minimum atomic E-state index is -5.03. The summed E-state index contributed by atoms with van der Waals surface area (Å²) in [5.74, 6) is -2.03. The highest BCUT2D eigenvalue weighted by molar-refractivity contribution is 7.84. The van der Waals surface area contributed by atoms with Gasteiger partial charge in [-0.05, 0) is 12.1 Å². The number of hydrogen-bond donors (Lipinski definition) is 2. The number of methoxy groups -OCH3 is 1. The van der Waals surface area contributed by atoms with Gasteiger partial charge in [-0.25, -0.2) is 4.98 Å². The number of fused-ring (bicyclic) bond motifs is 1. The molecule has 0 aliphatic heterocycles. The first-order valence-electron chi connectivity index (χ1n) is 8.97. The standard InChI is InChI=1S/C15H13F2N3O7S2/c1-25-13-11(18-5-4-12(13)27-29(22,23)24)7-28(21)15-19-9-3-2-8(26-14(16)17)6-10(9)20-15/h2-6,14H,7H2,1H3,(H,19,20)(H,22,23,24)/i1D3. The van der Waals surface area contributed by atoms with E-state index >= 15 is 0 Å². The second kappa shape index (κ2) is 8.26. The average Bonchev–Trinajstić information content (AvgIpc) is 3.05. The van der Waals surface area contributed by atoms with Crippen molar-refractivity contribution >= 4 is 32.2 Å². The SMILES string of the molecule is [2H]C([2H])([2H])Oc1c(OS(=O)(=O)O)ccnc1CS(=O)c1nc2ccc(OC(F)F)cc2[nH]1. The van der Waals surface area contributed by atoms with Crippen LogP contribution in [0, 0.1) is 0 Å². The molecule has 3 aromatic rings. The quantitative estimate of drug-likeness (QED) is 0.491. The first-order valence-corrected chi connectivity index (χ1v) is 10.2. The third-order valence-corrected chi connectivity index (χ3v) is 4.93. The summed E-state index contributed by atoms with van der Waals surface area (Å²) < 4.78 is 104. The van der Waals surface area contributed by atoms with E-state index in [9.17, 15) is 21.4 Å². The number of alkyl halides is 2. The Morgan fingerprint density at radius 3 is 2.86 bits per heavy atom. The molecule has 0 radical (unpaired) electrons. The molecule has 0 amide bonds. The number of imidazole rings is 1. The van der Waals surface area contributed by atoms with E-state index in [0.29, 0.717) is 0 Å². The van der Waals surface area contributed by atoms with Crippen molar-refractivity contribution in [2.24, 2.45) is 0 Å². The van der Waals surface area contributed by atoms with E-state index in [4.69, 9.17) is 13.4 Å². The van der Waals surface area contributed by atoms with Gasteiger partial charge in [0, 0.05) is 18.3 Å². The first-order chi connectivity index (χ1) is 14.8. The summed E-state index contributed by atoms with van der Waals surface area (Å²) in [5.41, 5.74) is 0.245. The van der Waals surface area contributed by atoms with Crippen molar-refractivity contribution in [2.75, 3.05) is 7.04 Å². The van der Waals surface area contributed by atoms with E-state index in [1.807, 2.05) is 0 Å². The lowest BCUT2D eigenvalue weighted by molar-refractivity contribution is -0.0497. The molecule has 0 saturated heterocycles. The largest absolute Gasteiger partial charge is 0.491 e. The summed E-state index contributed by atoms with van der Waals surface area (Å²) >= 11 is 0. The molecule has 0 saturated carbocycles. The number of pyridine rings is 1. The van der Waals surface area contributed by atoms with E-state index in [1.54, 1.807) is 0 Å². The molecule has 0 spiro atoms. The number of hydrogen-bond acceptors (Lipinski definition) is 8. The minimum Gasteiger partial charge on any atom is -0.491 e. The zero-order valence-corrected chi connectivity index (χ0v) is 15.7. The van der Waals surface area contributed by atoms with Gasteiger partial charge in [0.25, 0.3) is 0 Å². The van der Waals surface area contributed by atoms with Crippen LogP contribution in [0.1, 0.15) is 9.81 Å². The van der Waals surface area contributed by atoms with Crippen LogP contribution in [0.15, 0.2) is 35.6 Å². The highest BCUT2D eigenvalue weighted by Gasteiger charge is 2.20. The smallest absolute Gasteiger partial charge is 0.446 e. The number of halogens is 2. The molecule has 29 heavy (non-hydrogen) atoms. The van der Waals surface area contributed by atoms with Crippen molar-refractivity contribution in [2.45, 2.75) is 17.5 Å². The fourth-order valence-corrected chi connectivity index (χ4v) is 3.68. The maximum atomic E-state index is 12.8. The molecule has 10 nitrogen and oxygen atoms in total. The third-order valence-electron chi connectivity index (χ3n) is 3.38. The molecule has 1 unspecified atom stereocenters. The van der Waals surface area contributed by atoms with Crippen LogP contribution in [0.2, 0.25) is 0 Å². The Hall–Kier alpha value is -2.84. The van der Waals surface area contributed by atoms with E-state index in [-0.39, 0.29) is 27.6 Å². The topological polar surface area (TPSA) is 141 Å². The van der Waals surface area contributed by atoms with Gasteiger partial charge in [-0.15, -0.1) is 0 Å². The van der Waals surface area contributed by atoms with Crippen molar-refractivity contribution in [3.8, 4) is 17.2 Å². The van der Waals surface area contributed by atoms with Gasteiger partial charge in [0.2, 0.25) is 0 Å². The van der Waals surface area contributed by atoms with Crippen LogP contribution in [-0.4, -0.2) is 45.8 Å². The molecule has 1 atom stereocenters. The fraction of sp³-hybridized carbons (Fsp3) is 0.200. The number of rotatable bonds is 8. The summed E-state index contributed by atoms with van der Waals surface area (Å²) in [7, 11) is -10.1. The van der Waals surface area contributed by atoms with E-state index in [2.05, 4.69) is 23.9 Å². The number of ether oxygens (including phenoxy) is 2. The van der Waals surface area contributed by atoms with Crippen LogP contribution in [0.25, 0.3) is 11.0 Å². The van der Waals surface area contributed by atoms with E-state index in [0.717, 1.165) is 12.3 Å². The zero-order valence-electron chi connectivity index (χ0n) is 17.0. The molecule has 1 aromatic carbocycles. The Morgan fingerprint density at radius 1 is 1.38 bits per heavy atom. The summed E-state index contributed by atoms with van der Waals surface area (Å²) in [4.78, 5) is 10.6. The van der Waals surface area contributed by atoms with Crippen LogP contribution >= 0.6 is 0 Å². The number of nitrogens with one attached hydrogen (secondary N) is 1. The van der Waals surface area contributed by atoms with Crippen molar-refractivity contribution < 1.29 is 43.7 Å². The van der Waals surface area contributed by atoms with Crippen molar-refractivity contribution in [1.29, 1.82) is 0 Å². The molecule has 14 heteroatoms. The van der Waals surface area contributed by atoms with Crippen molar-refractivity contribution in [1.82, 2.24) is 15.0 Å². The fourth-order valence-electron chi connectivity index (χ4n) is 2.30. The lowest BCUT2D eigenvalue weighted by Crippen LogP contribution is -2.10. The Labute approximate surface area is 169 Å². The van der Waals surface area contributed by atoms with Crippen LogP contribution in [0.4, 0.5) is 8.78 Å². The number of benzene rings is 1. The Kier molecular flexibility index (Phi) is 4.86. The monoisotopic (exact) mass is 452 g/mol. The van der Waals surface area contributed by atoms with Crippen LogP contribution in [0.3, 0.4) is 0 Å². The Bertz CT molecular complexity index is 1270. The van der Waals surface area contributed by atoms with Gasteiger partial charge in [-0.2, -0.15) is 17.2 Å². The molecule has 2 N–H and O–H groups in total. The number of aromatic nitrogens is 3.